The number of aliphatic hydroxyl groups is 1. The Labute approximate surface area is 127 Å². The fourth-order valence-corrected chi connectivity index (χ4v) is 3.74. The SMILES string of the molecule is O[C@H]1CCN(CCSc2ccnc3cc(Cl)ccc23)C1. The van der Waals surface area contributed by atoms with Crippen molar-refractivity contribution in [3.05, 3.63) is 35.5 Å². The Kier molecular flexibility index (Phi) is 4.46. The molecule has 0 radical (unpaired) electrons. The Morgan fingerprint density at radius 1 is 1.40 bits per heavy atom. The second kappa shape index (κ2) is 6.31. The summed E-state index contributed by atoms with van der Waals surface area (Å²) < 4.78 is 0. The van der Waals surface area contributed by atoms with Gasteiger partial charge in [-0.3, -0.25) is 9.88 Å². The molecule has 20 heavy (non-hydrogen) atoms. The highest BCUT2D eigenvalue weighted by Crippen LogP contribution is 2.28. The number of aromatic nitrogens is 1. The maximum Gasteiger partial charge on any atom is 0.0728 e. The predicted molar refractivity (Wildman–Crippen MR) is 84.5 cm³/mol. The van der Waals surface area contributed by atoms with Gasteiger partial charge in [0.15, 0.2) is 0 Å². The van der Waals surface area contributed by atoms with Crippen LogP contribution in [0.5, 0.6) is 0 Å². The van der Waals surface area contributed by atoms with Crippen molar-refractivity contribution in [3.8, 4) is 0 Å². The molecule has 0 amide bonds. The minimum Gasteiger partial charge on any atom is -0.392 e. The fourth-order valence-electron chi connectivity index (χ4n) is 2.52. The lowest BCUT2D eigenvalue weighted by Crippen LogP contribution is -2.24. The number of hydrogen-bond donors (Lipinski definition) is 1. The van der Waals surface area contributed by atoms with Crippen molar-refractivity contribution in [1.29, 1.82) is 0 Å². The van der Waals surface area contributed by atoms with E-state index < -0.39 is 0 Å². The third-order valence-corrected chi connectivity index (χ3v) is 4.87. The highest BCUT2D eigenvalue weighted by Gasteiger charge is 2.19. The summed E-state index contributed by atoms with van der Waals surface area (Å²) in [5.74, 6) is 1.02. The highest BCUT2D eigenvalue weighted by molar-refractivity contribution is 7.99. The lowest BCUT2D eigenvalue weighted by Gasteiger charge is -2.14. The molecule has 1 saturated heterocycles. The first-order valence-electron chi connectivity index (χ1n) is 6.80. The van der Waals surface area contributed by atoms with E-state index >= 15 is 0 Å². The van der Waals surface area contributed by atoms with Crippen LogP contribution in [-0.4, -0.2) is 46.5 Å². The van der Waals surface area contributed by atoms with E-state index in [1.54, 1.807) is 0 Å². The lowest BCUT2D eigenvalue weighted by molar-refractivity contribution is 0.178. The molecule has 3 nitrogen and oxygen atoms in total. The van der Waals surface area contributed by atoms with E-state index in [-0.39, 0.29) is 6.10 Å². The normalized spacial score (nSPS) is 19.8. The number of likely N-dealkylation sites (tertiary alicyclic amines) is 1. The average Bonchev–Trinajstić information content (AvgIpc) is 2.84. The number of thioether (sulfide) groups is 1. The van der Waals surface area contributed by atoms with Gasteiger partial charge in [0.25, 0.3) is 0 Å². The van der Waals surface area contributed by atoms with Gasteiger partial charge in [0.1, 0.15) is 0 Å². The third kappa shape index (κ3) is 3.26. The molecule has 1 aliphatic heterocycles. The van der Waals surface area contributed by atoms with Crippen molar-refractivity contribution in [2.24, 2.45) is 0 Å². The van der Waals surface area contributed by atoms with Crippen molar-refractivity contribution in [3.63, 3.8) is 0 Å². The second-order valence-corrected chi connectivity index (χ2v) is 6.64. The predicted octanol–water partition coefficient (Wildman–Crippen LogP) is 3.05. The summed E-state index contributed by atoms with van der Waals surface area (Å²) in [7, 11) is 0. The molecule has 3 rings (SSSR count). The van der Waals surface area contributed by atoms with Gasteiger partial charge in [-0.1, -0.05) is 17.7 Å². The number of aliphatic hydroxyl groups excluding tert-OH is 1. The summed E-state index contributed by atoms with van der Waals surface area (Å²) >= 11 is 7.84. The van der Waals surface area contributed by atoms with Crippen LogP contribution in [0.2, 0.25) is 5.02 Å². The summed E-state index contributed by atoms with van der Waals surface area (Å²) in [6, 6.07) is 7.90. The molecular weight excluding hydrogens is 292 g/mol. The van der Waals surface area contributed by atoms with Gasteiger partial charge in [0.05, 0.1) is 11.6 Å². The van der Waals surface area contributed by atoms with Crippen molar-refractivity contribution in [2.45, 2.75) is 17.4 Å². The first-order valence-corrected chi connectivity index (χ1v) is 8.16. The second-order valence-electron chi connectivity index (χ2n) is 5.06. The summed E-state index contributed by atoms with van der Waals surface area (Å²) in [5.41, 5.74) is 0.944. The Hall–Kier alpha value is -0.810. The van der Waals surface area contributed by atoms with Crippen LogP contribution in [0.4, 0.5) is 0 Å². The maximum absolute atomic E-state index is 9.51. The van der Waals surface area contributed by atoms with E-state index in [2.05, 4.69) is 16.0 Å². The summed E-state index contributed by atoms with van der Waals surface area (Å²) in [5, 5.41) is 11.4. The molecule has 0 saturated carbocycles. The number of pyridine rings is 1. The van der Waals surface area contributed by atoms with Gasteiger partial charge < -0.3 is 5.11 Å². The first-order chi connectivity index (χ1) is 9.72. The van der Waals surface area contributed by atoms with Crippen LogP contribution in [0.3, 0.4) is 0 Å². The van der Waals surface area contributed by atoms with Gasteiger partial charge >= 0.3 is 0 Å². The maximum atomic E-state index is 9.51. The smallest absolute Gasteiger partial charge is 0.0728 e. The van der Waals surface area contributed by atoms with E-state index in [1.165, 1.54) is 4.90 Å². The van der Waals surface area contributed by atoms with Crippen molar-refractivity contribution in [1.82, 2.24) is 9.88 Å². The van der Waals surface area contributed by atoms with Gasteiger partial charge in [-0.2, -0.15) is 0 Å². The summed E-state index contributed by atoms with van der Waals surface area (Å²) in [6.45, 7) is 2.83. The molecule has 106 valence electrons. The molecule has 2 heterocycles. The van der Waals surface area contributed by atoms with Gasteiger partial charge in [0, 0.05) is 46.9 Å². The van der Waals surface area contributed by atoms with E-state index in [0.29, 0.717) is 0 Å². The van der Waals surface area contributed by atoms with Gasteiger partial charge in [0.2, 0.25) is 0 Å². The van der Waals surface area contributed by atoms with E-state index in [9.17, 15) is 5.11 Å². The zero-order valence-corrected chi connectivity index (χ0v) is 12.7. The Bertz CT molecular complexity index is 607. The van der Waals surface area contributed by atoms with E-state index in [4.69, 9.17) is 11.6 Å². The largest absolute Gasteiger partial charge is 0.392 e. The summed E-state index contributed by atoms with van der Waals surface area (Å²) in [6.07, 6.45) is 2.60. The van der Waals surface area contributed by atoms with Gasteiger partial charge in [-0.15, -0.1) is 11.8 Å². The molecule has 2 aromatic rings. The number of benzene rings is 1. The Morgan fingerprint density at radius 3 is 3.10 bits per heavy atom. The molecule has 1 N–H and O–H groups in total. The molecule has 1 aromatic heterocycles. The molecule has 0 aliphatic carbocycles. The molecule has 1 aromatic carbocycles. The number of halogens is 1. The minimum absolute atomic E-state index is 0.135. The molecular formula is C15H17ClN2OS. The monoisotopic (exact) mass is 308 g/mol. The molecule has 1 aliphatic rings. The van der Waals surface area contributed by atoms with Crippen molar-refractivity contribution >= 4 is 34.3 Å². The van der Waals surface area contributed by atoms with Gasteiger partial charge in [-0.05, 0) is 24.6 Å². The van der Waals surface area contributed by atoms with E-state index in [1.807, 2.05) is 36.2 Å². The number of nitrogens with zero attached hydrogens (tertiary/aromatic N) is 2. The third-order valence-electron chi connectivity index (χ3n) is 3.58. The van der Waals surface area contributed by atoms with Crippen LogP contribution < -0.4 is 0 Å². The van der Waals surface area contributed by atoms with Crippen LogP contribution in [0.15, 0.2) is 35.4 Å². The first kappa shape index (κ1) is 14.1. The number of fused-ring (bicyclic) bond motifs is 1. The van der Waals surface area contributed by atoms with E-state index in [0.717, 1.165) is 47.7 Å². The Balaban J connectivity index is 1.65. The summed E-state index contributed by atoms with van der Waals surface area (Å²) in [4.78, 5) is 7.92. The topological polar surface area (TPSA) is 36.4 Å². The molecule has 0 bridgehead atoms. The van der Waals surface area contributed by atoms with Crippen LogP contribution in [0.1, 0.15) is 6.42 Å². The molecule has 0 unspecified atom stereocenters. The highest BCUT2D eigenvalue weighted by atomic mass is 35.5. The number of hydrogen-bond acceptors (Lipinski definition) is 4. The molecule has 1 atom stereocenters. The zero-order valence-electron chi connectivity index (χ0n) is 11.1. The van der Waals surface area contributed by atoms with Gasteiger partial charge in [-0.25, -0.2) is 0 Å². The molecule has 0 spiro atoms. The van der Waals surface area contributed by atoms with Crippen molar-refractivity contribution in [2.75, 3.05) is 25.4 Å². The van der Waals surface area contributed by atoms with Crippen LogP contribution in [0, 0.1) is 0 Å². The zero-order chi connectivity index (χ0) is 13.9. The average molecular weight is 309 g/mol. The number of β-amino-alcohol motifs (C(OH)–C–C–N with tert-alkyl or cyclic N) is 1. The standard InChI is InChI=1S/C15H17ClN2OS/c16-11-1-2-13-14(9-11)17-5-3-15(13)20-8-7-18-6-4-12(19)10-18/h1-3,5,9,12,19H,4,6-8,10H2/t12-/m0/s1. The number of rotatable bonds is 4. The fraction of sp³-hybridized carbons (Fsp3) is 0.400. The van der Waals surface area contributed by atoms with Crippen LogP contribution in [-0.2, 0) is 0 Å². The molecule has 1 fully saturated rings. The molecule has 5 heteroatoms. The van der Waals surface area contributed by atoms with Crippen LogP contribution >= 0.6 is 23.4 Å². The minimum atomic E-state index is -0.135. The van der Waals surface area contributed by atoms with Crippen LogP contribution in [0.25, 0.3) is 10.9 Å². The quantitative estimate of drug-likeness (QED) is 0.881. The van der Waals surface area contributed by atoms with Crippen molar-refractivity contribution < 1.29 is 5.11 Å². The lowest BCUT2D eigenvalue weighted by atomic mass is 10.2. The Morgan fingerprint density at radius 2 is 2.30 bits per heavy atom.